The Morgan fingerprint density at radius 3 is 2.81 bits per heavy atom. The van der Waals surface area contributed by atoms with Gasteiger partial charge in [0.2, 0.25) is 11.8 Å². The van der Waals surface area contributed by atoms with Gasteiger partial charge in [0.1, 0.15) is 0 Å². The molecule has 4 N–H and O–H groups in total. The molecule has 2 atom stereocenters. The van der Waals surface area contributed by atoms with Gasteiger partial charge in [-0.2, -0.15) is 0 Å². The molecule has 1 saturated heterocycles. The van der Waals surface area contributed by atoms with Crippen LogP contribution in [0.1, 0.15) is 32.3 Å². The first-order valence-corrected chi connectivity index (χ1v) is 9.20. The van der Waals surface area contributed by atoms with Crippen molar-refractivity contribution in [1.29, 1.82) is 0 Å². The molecular formula is C19H27N5O2. The van der Waals surface area contributed by atoms with Gasteiger partial charge in [-0.25, -0.2) is 0 Å². The number of nitrogens with zero attached hydrogens (tertiary/aromatic N) is 2. The van der Waals surface area contributed by atoms with Gasteiger partial charge in [0.05, 0.1) is 23.5 Å². The molecular weight excluding hydrogens is 330 g/mol. The third-order valence-corrected chi connectivity index (χ3v) is 5.20. The second-order valence-electron chi connectivity index (χ2n) is 7.20. The third-order valence-electron chi connectivity index (χ3n) is 5.20. The number of piperidine rings is 1. The number of H-pyrrole nitrogens is 1. The van der Waals surface area contributed by atoms with Gasteiger partial charge < -0.3 is 20.9 Å². The van der Waals surface area contributed by atoms with Crippen molar-refractivity contribution in [3.63, 3.8) is 0 Å². The summed E-state index contributed by atoms with van der Waals surface area (Å²) in [5, 5.41) is 3.11. The lowest BCUT2D eigenvalue weighted by Gasteiger charge is -2.35. The minimum absolute atomic E-state index is 0.00172. The van der Waals surface area contributed by atoms with E-state index in [-0.39, 0.29) is 17.9 Å². The molecule has 3 heterocycles. The van der Waals surface area contributed by atoms with Gasteiger partial charge in [-0.05, 0) is 44.7 Å². The second kappa shape index (κ2) is 7.86. The number of hydrogen-bond donors (Lipinski definition) is 3. The first kappa shape index (κ1) is 18.4. The van der Waals surface area contributed by atoms with Crippen LogP contribution < -0.4 is 11.1 Å². The standard InChI is InChI=1S/C19H27N5O2/c1-12(20)19(26)24-8-5-14(6-9-24)13(2)23-17(25)10-15-11-22-16-4-3-7-21-18(15)16/h3-4,7,11-14,22H,5-6,8-10,20H2,1-2H3,(H,23,25)/t12-,13?/m0/s1. The summed E-state index contributed by atoms with van der Waals surface area (Å²) in [6, 6.07) is 3.44. The SMILES string of the molecule is CC(NC(=O)Cc1c[nH]c2cccnc12)C1CCN(C(=O)[C@H](C)N)CC1. The maximum atomic E-state index is 12.4. The molecule has 1 fully saturated rings. The number of nitrogens with two attached hydrogens (primary N) is 1. The number of carbonyl (C=O) groups excluding carboxylic acids is 2. The molecule has 1 aliphatic rings. The number of fused-ring (bicyclic) bond motifs is 1. The Hall–Kier alpha value is -2.41. The summed E-state index contributed by atoms with van der Waals surface area (Å²) in [7, 11) is 0. The molecule has 1 aliphatic heterocycles. The Labute approximate surface area is 153 Å². The number of pyridine rings is 1. The maximum absolute atomic E-state index is 12.4. The van der Waals surface area contributed by atoms with Crippen LogP contribution >= 0.6 is 0 Å². The van der Waals surface area contributed by atoms with Gasteiger partial charge in [0, 0.05) is 37.1 Å². The summed E-state index contributed by atoms with van der Waals surface area (Å²) < 4.78 is 0. The van der Waals surface area contributed by atoms with E-state index in [1.165, 1.54) is 0 Å². The first-order valence-electron chi connectivity index (χ1n) is 9.20. The molecule has 0 radical (unpaired) electrons. The number of nitrogens with one attached hydrogen (secondary N) is 2. The Kier molecular flexibility index (Phi) is 5.56. The minimum Gasteiger partial charge on any atom is -0.360 e. The zero-order chi connectivity index (χ0) is 18.7. The summed E-state index contributed by atoms with van der Waals surface area (Å²) in [4.78, 5) is 33.7. The summed E-state index contributed by atoms with van der Waals surface area (Å²) >= 11 is 0. The number of hydrogen-bond acceptors (Lipinski definition) is 4. The molecule has 2 amide bonds. The van der Waals surface area contributed by atoms with E-state index in [1.807, 2.05) is 30.2 Å². The van der Waals surface area contributed by atoms with Crippen LogP contribution in [0.2, 0.25) is 0 Å². The molecule has 26 heavy (non-hydrogen) atoms. The summed E-state index contributed by atoms with van der Waals surface area (Å²) in [5.41, 5.74) is 8.37. The van der Waals surface area contributed by atoms with E-state index >= 15 is 0 Å². The van der Waals surface area contributed by atoms with Crippen LogP contribution in [-0.4, -0.2) is 51.9 Å². The van der Waals surface area contributed by atoms with Crippen LogP contribution in [-0.2, 0) is 16.0 Å². The average molecular weight is 357 g/mol. The Morgan fingerprint density at radius 2 is 2.12 bits per heavy atom. The van der Waals surface area contributed by atoms with Gasteiger partial charge in [-0.15, -0.1) is 0 Å². The number of amides is 2. The molecule has 140 valence electrons. The smallest absolute Gasteiger partial charge is 0.239 e. The Balaban J connectivity index is 1.51. The first-order chi connectivity index (χ1) is 12.5. The van der Waals surface area contributed by atoms with E-state index in [1.54, 1.807) is 13.1 Å². The van der Waals surface area contributed by atoms with Crippen molar-refractivity contribution in [2.75, 3.05) is 13.1 Å². The summed E-state index contributed by atoms with van der Waals surface area (Å²) in [6.07, 6.45) is 5.66. The highest BCUT2D eigenvalue weighted by atomic mass is 16.2. The van der Waals surface area contributed by atoms with E-state index in [9.17, 15) is 9.59 Å². The number of aromatic amines is 1. The van der Waals surface area contributed by atoms with Gasteiger partial charge in [-0.3, -0.25) is 14.6 Å². The van der Waals surface area contributed by atoms with Gasteiger partial charge in [0.25, 0.3) is 0 Å². The van der Waals surface area contributed by atoms with Gasteiger partial charge in [0.15, 0.2) is 0 Å². The monoisotopic (exact) mass is 357 g/mol. The van der Waals surface area contributed by atoms with Crippen LogP contribution in [0.15, 0.2) is 24.5 Å². The molecule has 0 aliphatic carbocycles. The molecule has 2 aromatic rings. The van der Waals surface area contributed by atoms with E-state index in [4.69, 9.17) is 5.73 Å². The summed E-state index contributed by atoms with van der Waals surface area (Å²) in [6.45, 7) is 5.17. The normalized spacial score (nSPS) is 17.9. The fourth-order valence-electron chi connectivity index (χ4n) is 3.65. The Morgan fingerprint density at radius 1 is 1.38 bits per heavy atom. The van der Waals surface area contributed by atoms with Gasteiger partial charge >= 0.3 is 0 Å². The summed E-state index contributed by atoms with van der Waals surface area (Å²) in [5.74, 6) is 0.377. The lowest BCUT2D eigenvalue weighted by atomic mass is 9.90. The van der Waals surface area contributed by atoms with E-state index in [0.717, 1.165) is 29.4 Å². The molecule has 1 unspecified atom stereocenters. The topological polar surface area (TPSA) is 104 Å². The average Bonchev–Trinajstić information content (AvgIpc) is 3.04. The van der Waals surface area contributed by atoms with Crippen LogP contribution in [0, 0.1) is 5.92 Å². The van der Waals surface area contributed by atoms with Crippen molar-refractivity contribution in [2.24, 2.45) is 11.7 Å². The number of carbonyl (C=O) groups is 2. The van der Waals surface area contributed by atoms with Crippen molar-refractivity contribution < 1.29 is 9.59 Å². The van der Waals surface area contributed by atoms with Crippen molar-refractivity contribution in [3.05, 3.63) is 30.1 Å². The molecule has 0 saturated carbocycles. The largest absolute Gasteiger partial charge is 0.360 e. The zero-order valence-electron chi connectivity index (χ0n) is 15.4. The highest BCUT2D eigenvalue weighted by Gasteiger charge is 2.28. The zero-order valence-corrected chi connectivity index (χ0v) is 15.4. The molecule has 7 heteroatoms. The number of likely N-dealkylation sites (tertiary alicyclic amines) is 1. The van der Waals surface area contributed by atoms with E-state index in [0.29, 0.717) is 25.4 Å². The van der Waals surface area contributed by atoms with Crippen LogP contribution in [0.5, 0.6) is 0 Å². The van der Waals surface area contributed by atoms with Crippen molar-refractivity contribution in [3.8, 4) is 0 Å². The Bertz CT molecular complexity index is 777. The molecule has 0 aromatic carbocycles. The lowest BCUT2D eigenvalue weighted by molar-refractivity contribution is -0.134. The third kappa shape index (κ3) is 4.04. The molecule has 0 spiro atoms. The molecule has 7 nitrogen and oxygen atoms in total. The molecule has 0 bridgehead atoms. The molecule has 2 aromatic heterocycles. The number of rotatable bonds is 5. The highest BCUT2D eigenvalue weighted by molar-refractivity contribution is 5.86. The van der Waals surface area contributed by atoms with Gasteiger partial charge in [-0.1, -0.05) is 0 Å². The predicted molar refractivity (Wildman–Crippen MR) is 100 cm³/mol. The molecule has 3 rings (SSSR count). The minimum atomic E-state index is -0.451. The number of aromatic nitrogens is 2. The lowest BCUT2D eigenvalue weighted by Crippen LogP contribution is -2.49. The van der Waals surface area contributed by atoms with Crippen LogP contribution in [0.4, 0.5) is 0 Å². The fourth-order valence-corrected chi connectivity index (χ4v) is 3.65. The van der Waals surface area contributed by atoms with Crippen LogP contribution in [0.3, 0.4) is 0 Å². The van der Waals surface area contributed by atoms with E-state index < -0.39 is 6.04 Å². The highest BCUT2D eigenvalue weighted by Crippen LogP contribution is 2.21. The second-order valence-corrected chi connectivity index (χ2v) is 7.20. The fraction of sp³-hybridized carbons (Fsp3) is 0.526. The maximum Gasteiger partial charge on any atom is 0.239 e. The quantitative estimate of drug-likeness (QED) is 0.748. The van der Waals surface area contributed by atoms with Crippen LogP contribution in [0.25, 0.3) is 11.0 Å². The van der Waals surface area contributed by atoms with Crippen molar-refractivity contribution in [1.82, 2.24) is 20.2 Å². The van der Waals surface area contributed by atoms with Crippen molar-refractivity contribution >= 4 is 22.8 Å². The van der Waals surface area contributed by atoms with Crippen molar-refractivity contribution in [2.45, 2.75) is 45.2 Å². The predicted octanol–water partition coefficient (Wildman–Crippen LogP) is 1.20. The van der Waals surface area contributed by atoms with E-state index in [2.05, 4.69) is 15.3 Å².